The van der Waals surface area contributed by atoms with Gasteiger partial charge in [-0.2, -0.15) is 5.10 Å². The van der Waals surface area contributed by atoms with E-state index in [1.165, 1.54) is 32.1 Å². The van der Waals surface area contributed by atoms with Crippen LogP contribution in [0.2, 0.25) is 0 Å². The second-order valence-electron chi connectivity index (χ2n) is 5.11. The highest BCUT2D eigenvalue weighted by atomic mass is 16.2. The van der Waals surface area contributed by atoms with Crippen molar-refractivity contribution in [3.8, 4) is 0 Å². The van der Waals surface area contributed by atoms with E-state index in [-0.39, 0.29) is 12.5 Å². The first-order valence-electron chi connectivity index (χ1n) is 6.78. The third-order valence-corrected chi connectivity index (χ3v) is 3.56. The molecule has 1 aromatic rings. The fourth-order valence-electron chi connectivity index (χ4n) is 2.56. The van der Waals surface area contributed by atoms with Crippen molar-refractivity contribution in [3.05, 3.63) is 12.4 Å². The van der Waals surface area contributed by atoms with E-state index in [0.717, 1.165) is 18.9 Å². The van der Waals surface area contributed by atoms with E-state index >= 15 is 0 Å². The molecule has 0 saturated heterocycles. The van der Waals surface area contributed by atoms with Gasteiger partial charge in [0.1, 0.15) is 6.54 Å². The first-order chi connectivity index (χ1) is 8.74. The molecule has 0 aromatic carbocycles. The van der Waals surface area contributed by atoms with Gasteiger partial charge in [-0.25, -0.2) is 0 Å². The van der Waals surface area contributed by atoms with Crippen molar-refractivity contribution < 1.29 is 4.79 Å². The molecule has 1 aliphatic carbocycles. The molecule has 1 saturated carbocycles. The number of nitrogens with two attached hydrogens (primary N) is 1. The van der Waals surface area contributed by atoms with E-state index in [1.807, 2.05) is 0 Å². The summed E-state index contributed by atoms with van der Waals surface area (Å²) in [4.78, 5) is 11.7. The minimum Gasteiger partial charge on any atom is -0.396 e. The number of nitrogens with one attached hydrogen (secondary N) is 1. The highest BCUT2D eigenvalue weighted by Crippen LogP contribution is 2.25. The summed E-state index contributed by atoms with van der Waals surface area (Å²) < 4.78 is 1.56. The van der Waals surface area contributed by atoms with Gasteiger partial charge in [0, 0.05) is 12.7 Å². The van der Waals surface area contributed by atoms with Gasteiger partial charge in [-0.15, -0.1) is 0 Å². The number of nitrogen functional groups attached to an aromatic ring is 1. The largest absolute Gasteiger partial charge is 0.396 e. The van der Waals surface area contributed by atoms with Crippen LogP contribution in [0.4, 0.5) is 5.69 Å². The van der Waals surface area contributed by atoms with Gasteiger partial charge in [0.05, 0.1) is 11.9 Å². The molecule has 1 amide bonds. The van der Waals surface area contributed by atoms with Crippen LogP contribution in [0.5, 0.6) is 0 Å². The fraction of sp³-hybridized carbons (Fsp3) is 0.692. The van der Waals surface area contributed by atoms with Crippen LogP contribution in [0.25, 0.3) is 0 Å². The SMILES string of the molecule is Nc1cnn(CC(=O)NCCC2CCCCC2)c1. The predicted molar refractivity (Wildman–Crippen MR) is 70.8 cm³/mol. The molecular weight excluding hydrogens is 228 g/mol. The normalized spacial score (nSPS) is 16.7. The average Bonchev–Trinajstić information content (AvgIpc) is 2.76. The molecule has 0 unspecified atom stereocenters. The van der Waals surface area contributed by atoms with Crippen LogP contribution in [-0.4, -0.2) is 22.2 Å². The van der Waals surface area contributed by atoms with Crippen LogP contribution in [0.3, 0.4) is 0 Å². The number of hydrogen-bond donors (Lipinski definition) is 2. The summed E-state index contributed by atoms with van der Waals surface area (Å²) in [5.74, 6) is 0.813. The summed E-state index contributed by atoms with van der Waals surface area (Å²) in [5.41, 5.74) is 6.12. The number of hydrogen-bond acceptors (Lipinski definition) is 3. The van der Waals surface area contributed by atoms with Crippen molar-refractivity contribution in [1.29, 1.82) is 0 Å². The molecule has 0 spiro atoms. The zero-order chi connectivity index (χ0) is 12.8. The molecule has 1 aromatic heterocycles. The number of rotatable bonds is 5. The topological polar surface area (TPSA) is 72.9 Å². The van der Waals surface area contributed by atoms with Gasteiger partial charge in [-0.05, 0) is 12.3 Å². The highest BCUT2D eigenvalue weighted by Gasteiger charge is 2.13. The van der Waals surface area contributed by atoms with Crippen molar-refractivity contribution >= 4 is 11.6 Å². The van der Waals surface area contributed by atoms with E-state index < -0.39 is 0 Å². The summed E-state index contributed by atoms with van der Waals surface area (Å²) in [6, 6.07) is 0. The number of nitrogens with zero attached hydrogens (tertiary/aromatic N) is 2. The molecule has 0 atom stereocenters. The number of anilines is 1. The molecule has 5 heteroatoms. The third-order valence-electron chi connectivity index (χ3n) is 3.56. The molecule has 3 N–H and O–H groups in total. The van der Waals surface area contributed by atoms with Gasteiger partial charge in [0.2, 0.25) is 5.91 Å². The van der Waals surface area contributed by atoms with Crippen LogP contribution in [0, 0.1) is 5.92 Å². The molecule has 5 nitrogen and oxygen atoms in total. The zero-order valence-electron chi connectivity index (χ0n) is 10.8. The van der Waals surface area contributed by atoms with E-state index in [0.29, 0.717) is 5.69 Å². The number of amides is 1. The maximum absolute atomic E-state index is 11.7. The summed E-state index contributed by atoms with van der Waals surface area (Å²) >= 11 is 0. The minimum atomic E-state index is 0.00825. The second kappa shape index (κ2) is 6.42. The summed E-state index contributed by atoms with van der Waals surface area (Å²) in [5, 5.41) is 6.93. The Kier molecular flexibility index (Phi) is 4.61. The zero-order valence-corrected chi connectivity index (χ0v) is 10.8. The number of aromatic nitrogens is 2. The van der Waals surface area contributed by atoms with Gasteiger partial charge in [0.25, 0.3) is 0 Å². The van der Waals surface area contributed by atoms with Gasteiger partial charge < -0.3 is 11.1 Å². The van der Waals surface area contributed by atoms with E-state index in [2.05, 4.69) is 10.4 Å². The maximum Gasteiger partial charge on any atom is 0.241 e. The summed E-state index contributed by atoms with van der Waals surface area (Å²) in [7, 11) is 0. The van der Waals surface area contributed by atoms with E-state index in [4.69, 9.17) is 5.73 Å². The smallest absolute Gasteiger partial charge is 0.241 e. The molecule has 100 valence electrons. The average molecular weight is 250 g/mol. The van der Waals surface area contributed by atoms with Crippen LogP contribution >= 0.6 is 0 Å². The van der Waals surface area contributed by atoms with Crippen molar-refractivity contribution in [1.82, 2.24) is 15.1 Å². The molecular formula is C13H22N4O. The van der Waals surface area contributed by atoms with Crippen molar-refractivity contribution in [2.24, 2.45) is 5.92 Å². The van der Waals surface area contributed by atoms with Crippen LogP contribution in [0.15, 0.2) is 12.4 Å². The Balaban J connectivity index is 1.62. The number of carbonyl (C=O) groups excluding carboxylic acids is 1. The predicted octanol–water partition coefficient (Wildman–Crippen LogP) is 1.55. The first kappa shape index (κ1) is 12.9. The molecule has 0 bridgehead atoms. The lowest BCUT2D eigenvalue weighted by Crippen LogP contribution is -2.29. The molecule has 18 heavy (non-hydrogen) atoms. The maximum atomic E-state index is 11.7. The quantitative estimate of drug-likeness (QED) is 0.832. The summed E-state index contributed by atoms with van der Waals surface area (Å²) in [6.45, 7) is 1.03. The lowest BCUT2D eigenvalue weighted by Gasteiger charge is -2.21. The van der Waals surface area contributed by atoms with Gasteiger partial charge >= 0.3 is 0 Å². The van der Waals surface area contributed by atoms with Crippen molar-refractivity contribution in [3.63, 3.8) is 0 Å². The van der Waals surface area contributed by atoms with Crippen LogP contribution in [0.1, 0.15) is 38.5 Å². The van der Waals surface area contributed by atoms with Gasteiger partial charge in [0.15, 0.2) is 0 Å². The molecule has 1 fully saturated rings. The monoisotopic (exact) mass is 250 g/mol. The molecule has 0 aliphatic heterocycles. The molecule has 1 aliphatic rings. The number of carbonyl (C=O) groups is 1. The standard InChI is InChI=1S/C13H22N4O/c14-12-8-16-17(9-12)10-13(18)15-7-6-11-4-2-1-3-5-11/h8-9,11H,1-7,10,14H2,(H,15,18). The highest BCUT2D eigenvalue weighted by molar-refractivity contribution is 5.75. The Bertz CT molecular complexity index is 382. The Morgan fingerprint density at radius 3 is 2.89 bits per heavy atom. The van der Waals surface area contributed by atoms with Crippen molar-refractivity contribution in [2.45, 2.75) is 45.1 Å². The van der Waals surface area contributed by atoms with Gasteiger partial charge in [-0.3, -0.25) is 9.48 Å². The Morgan fingerprint density at radius 1 is 1.44 bits per heavy atom. The van der Waals surface area contributed by atoms with E-state index in [1.54, 1.807) is 17.1 Å². The molecule has 0 radical (unpaired) electrons. The Hall–Kier alpha value is -1.52. The first-order valence-corrected chi connectivity index (χ1v) is 6.78. The Morgan fingerprint density at radius 2 is 2.22 bits per heavy atom. The van der Waals surface area contributed by atoms with Crippen LogP contribution in [-0.2, 0) is 11.3 Å². The molecule has 1 heterocycles. The second-order valence-corrected chi connectivity index (χ2v) is 5.11. The Labute approximate surface area is 108 Å². The van der Waals surface area contributed by atoms with Crippen molar-refractivity contribution in [2.75, 3.05) is 12.3 Å². The van der Waals surface area contributed by atoms with Gasteiger partial charge in [-0.1, -0.05) is 32.1 Å². The fourth-order valence-corrected chi connectivity index (χ4v) is 2.56. The third kappa shape index (κ3) is 4.05. The lowest BCUT2D eigenvalue weighted by molar-refractivity contribution is -0.121. The minimum absolute atomic E-state index is 0.00825. The van der Waals surface area contributed by atoms with E-state index in [9.17, 15) is 4.79 Å². The molecule has 2 rings (SSSR count). The van der Waals surface area contributed by atoms with Crippen LogP contribution < -0.4 is 11.1 Å². The summed E-state index contributed by atoms with van der Waals surface area (Å²) in [6.07, 6.45) is 11.1. The lowest BCUT2D eigenvalue weighted by atomic mass is 9.87.